The van der Waals surface area contributed by atoms with Crippen LogP contribution in [0, 0.1) is 18.3 Å². The summed E-state index contributed by atoms with van der Waals surface area (Å²) in [5.74, 6) is 0.665. The SMILES string of the molecule is COc1ccc(-c2nn(Cc3ccccc3)cc2/C=C(\C#N)C(=O)Nc2ccccc2C)cc1OC. The summed E-state index contributed by atoms with van der Waals surface area (Å²) in [5, 5.41) is 17.4. The van der Waals surface area contributed by atoms with Crippen LogP contribution in [0.5, 0.6) is 11.5 Å². The number of benzene rings is 3. The van der Waals surface area contributed by atoms with Crippen molar-refractivity contribution in [3.05, 3.63) is 101 Å². The highest BCUT2D eigenvalue weighted by molar-refractivity contribution is 6.10. The molecule has 1 N–H and O–H groups in total. The zero-order valence-corrected chi connectivity index (χ0v) is 20.4. The number of ether oxygens (including phenoxy) is 2. The normalized spacial score (nSPS) is 11.0. The number of amides is 1. The molecule has 0 bridgehead atoms. The zero-order valence-electron chi connectivity index (χ0n) is 20.4. The van der Waals surface area contributed by atoms with E-state index in [0.29, 0.717) is 35.0 Å². The lowest BCUT2D eigenvalue weighted by molar-refractivity contribution is -0.112. The Labute approximate surface area is 210 Å². The number of aromatic nitrogens is 2. The standard InChI is InChI=1S/C29H26N4O3/c1-20-9-7-8-12-25(20)31-29(34)23(17-30)15-24-19-33(18-21-10-5-4-6-11-21)32-28(24)22-13-14-26(35-2)27(16-22)36-3/h4-16,19H,18H2,1-3H3,(H,31,34)/b23-15+. The monoisotopic (exact) mass is 478 g/mol. The number of carbonyl (C=O) groups excluding carboxylic acids is 1. The van der Waals surface area contributed by atoms with E-state index < -0.39 is 5.91 Å². The van der Waals surface area contributed by atoms with Gasteiger partial charge in [0.05, 0.1) is 26.5 Å². The Morgan fingerprint density at radius 3 is 2.44 bits per heavy atom. The molecule has 4 aromatic rings. The first-order chi connectivity index (χ1) is 17.5. The van der Waals surface area contributed by atoms with Crippen LogP contribution in [-0.2, 0) is 11.3 Å². The average Bonchev–Trinajstić information content (AvgIpc) is 3.30. The van der Waals surface area contributed by atoms with E-state index >= 15 is 0 Å². The summed E-state index contributed by atoms with van der Waals surface area (Å²) in [4.78, 5) is 13.0. The van der Waals surface area contributed by atoms with Crippen molar-refractivity contribution < 1.29 is 14.3 Å². The third kappa shape index (κ3) is 5.45. The van der Waals surface area contributed by atoms with Gasteiger partial charge in [0.1, 0.15) is 11.6 Å². The van der Waals surface area contributed by atoms with Crippen LogP contribution < -0.4 is 14.8 Å². The number of hydrogen-bond acceptors (Lipinski definition) is 5. The highest BCUT2D eigenvalue weighted by Crippen LogP contribution is 2.34. The van der Waals surface area contributed by atoms with Crippen molar-refractivity contribution in [2.45, 2.75) is 13.5 Å². The summed E-state index contributed by atoms with van der Waals surface area (Å²) in [6, 6.07) is 24.9. The number of nitrogens with zero attached hydrogens (tertiary/aromatic N) is 3. The summed E-state index contributed by atoms with van der Waals surface area (Å²) in [6.45, 7) is 2.43. The summed E-state index contributed by atoms with van der Waals surface area (Å²) < 4.78 is 12.6. The van der Waals surface area contributed by atoms with Crippen LogP contribution in [0.3, 0.4) is 0 Å². The summed E-state index contributed by atoms with van der Waals surface area (Å²) >= 11 is 0. The predicted molar refractivity (Wildman–Crippen MR) is 140 cm³/mol. The molecule has 0 saturated heterocycles. The Kier molecular flexibility index (Phi) is 7.47. The third-order valence-corrected chi connectivity index (χ3v) is 5.69. The molecule has 0 atom stereocenters. The van der Waals surface area contributed by atoms with Gasteiger partial charge in [-0.15, -0.1) is 0 Å². The Morgan fingerprint density at radius 2 is 1.75 bits per heavy atom. The number of nitrogens with one attached hydrogen (secondary N) is 1. The molecular formula is C29H26N4O3. The van der Waals surface area contributed by atoms with Crippen LogP contribution in [0.2, 0.25) is 0 Å². The van der Waals surface area contributed by atoms with E-state index in [9.17, 15) is 10.1 Å². The van der Waals surface area contributed by atoms with Crippen molar-refractivity contribution in [2.24, 2.45) is 0 Å². The molecule has 4 rings (SSSR count). The molecule has 0 aliphatic rings. The topological polar surface area (TPSA) is 89.2 Å². The quantitative estimate of drug-likeness (QED) is 0.268. The molecule has 0 fully saturated rings. The van der Waals surface area contributed by atoms with Gasteiger partial charge in [-0.05, 0) is 48.4 Å². The number of carbonyl (C=O) groups is 1. The molecule has 0 radical (unpaired) electrons. The minimum absolute atomic E-state index is 0.0285. The lowest BCUT2D eigenvalue weighted by Gasteiger charge is -2.09. The molecule has 0 unspecified atom stereocenters. The van der Waals surface area contributed by atoms with Crippen molar-refractivity contribution in [1.82, 2.24) is 9.78 Å². The average molecular weight is 479 g/mol. The largest absolute Gasteiger partial charge is 0.493 e. The lowest BCUT2D eigenvalue weighted by atomic mass is 10.0. The molecule has 0 spiro atoms. The molecule has 0 aliphatic heterocycles. The van der Waals surface area contributed by atoms with Crippen LogP contribution in [0.15, 0.2) is 84.6 Å². The van der Waals surface area contributed by atoms with E-state index in [4.69, 9.17) is 14.6 Å². The van der Waals surface area contributed by atoms with Gasteiger partial charge in [-0.3, -0.25) is 9.48 Å². The number of rotatable bonds is 8. The number of para-hydroxylation sites is 1. The van der Waals surface area contributed by atoms with Crippen molar-refractivity contribution >= 4 is 17.7 Å². The van der Waals surface area contributed by atoms with E-state index in [2.05, 4.69) is 5.32 Å². The van der Waals surface area contributed by atoms with Crippen molar-refractivity contribution in [2.75, 3.05) is 19.5 Å². The maximum Gasteiger partial charge on any atom is 0.266 e. The molecule has 0 saturated carbocycles. The molecule has 7 heteroatoms. The van der Waals surface area contributed by atoms with E-state index in [1.165, 1.54) is 0 Å². The summed E-state index contributed by atoms with van der Waals surface area (Å²) in [5.41, 5.74) is 4.63. The molecule has 3 aromatic carbocycles. The molecule has 1 heterocycles. The Morgan fingerprint density at radius 1 is 1.03 bits per heavy atom. The first-order valence-corrected chi connectivity index (χ1v) is 11.3. The third-order valence-electron chi connectivity index (χ3n) is 5.69. The number of hydrogen-bond donors (Lipinski definition) is 1. The molecular weight excluding hydrogens is 452 g/mol. The van der Waals surface area contributed by atoms with Gasteiger partial charge in [0.15, 0.2) is 11.5 Å². The van der Waals surface area contributed by atoms with Gasteiger partial charge in [-0.1, -0.05) is 48.5 Å². The summed E-state index contributed by atoms with van der Waals surface area (Å²) in [6.07, 6.45) is 3.39. The van der Waals surface area contributed by atoms with Gasteiger partial charge in [-0.2, -0.15) is 10.4 Å². The van der Waals surface area contributed by atoms with Crippen LogP contribution in [0.4, 0.5) is 5.69 Å². The maximum atomic E-state index is 13.0. The molecule has 180 valence electrons. The molecule has 1 aromatic heterocycles. The Bertz CT molecular complexity index is 1450. The fraction of sp³-hybridized carbons (Fsp3) is 0.138. The molecule has 7 nitrogen and oxygen atoms in total. The van der Waals surface area contributed by atoms with Crippen LogP contribution in [0.25, 0.3) is 17.3 Å². The summed E-state index contributed by atoms with van der Waals surface area (Å²) in [7, 11) is 3.15. The van der Waals surface area contributed by atoms with Crippen molar-refractivity contribution in [3.63, 3.8) is 0 Å². The minimum atomic E-state index is -0.485. The second-order valence-electron chi connectivity index (χ2n) is 8.12. The van der Waals surface area contributed by atoms with E-state index in [-0.39, 0.29) is 5.57 Å². The van der Waals surface area contributed by atoms with Crippen molar-refractivity contribution in [1.29, 1.82) is 5.26 Å². The molecule has 36 heavy (non-hydrogen) atoms. The fourth-order valence-corrected chi connectivity index (χ4v) is 3.81. The smallest absolute Gasteiger partial charge is 0.266 e. The van der Waals surface area contributed by atoms with Gasteiger partial charge >= 0.3 is 0 Å². The highest BCUT2D eigenvalue weighted by atomic mass is 16.5. The number of aryl methyl sites for hydroxylation is 1. The molecule has 0 aliphatic carbocycles. The van der Waals surface area contributed by atoms with Gasteiger partial charge in [0.2, 0.25) is 0 Å². The van der Waals surface area contributed by atoms with E-state index in [0.717, 1.165) is 16.7 Å². The Balaban J connectivity index is 1.75. The second kappa shape index (κ2) is 11.1. The Hall–Kier alpha value is -4.83. The van der Waals surface area contributed by atoms with E-state index in [1.807, 2.05) is 79.9 Å². The predicted octanol–water partition coefficient (Wildman–Crippen LogP) is 5.47. The first-order valence-electron chi connectivity index (χ1n) is 11.3. The lowest BCUT2D eigenvalue weighted by Crippen LogP contribution is -2.14. The minimum Gasteiger partial charge on any atom is -0.493 e. The van der Waals surface area contributed by atoms with Gasteiger partial charge in [0.25, 0.3) is 5.91 Å². The van der Waals surface area contributed by atoms with Crippen molar-refractivity contribution in [3.8, 4) is 28.8 Å². The first kappa shape index (κ1) is 24.3. The maximum absolute atomic E-state index is 13.0. The second-order valence-corrected chi connectivity index (χ2v) is 8.12. The van der Waals surface area contributed by atoms with Gasteiger partial charge < -0.3 is 14.8 Å². The van der Waals surface area contributed by atoms with Crippen LogP contribution >= 0.6 is 0 Å². The number of anilines is 1. The van der Waals surface area contributed by atoms with Crippen LogP contribution in [-0.4, -0.2) is 29.9 Å². The van der Waals surface area contributed by atoms with Gasteiger partial charge in [0, 0.05) is 23.0 Å². The number of methoxy groups -OCH3 is 2. The fourth-order valence-electron chi connectivity index (χ4n) is 3.81. The van der Waals surface area contributed by atoms with Gasteiger partial charge in [-0.25, -0.2) is 0 Å². The number of nitriles is 1. The highest BCUT2D eigenvalue weighted by Gasteiger charge is 2.17. The van der Waals surface area contributed by atoms with Crippen LogP contribution in [0.1, 0.15) is 16.7 Å². The zero-order chi connectivity index (χ0) is 25.5. The molecule has 1 amide bonds. The van der Waals surface area contributed by atoms with E-state index in [1.54, 1.807) is 37.1 Å².